The number of carbonyl (C=O) groups is 4. The summed E-state index contributed by atoms with van der Waals surface area (Å²) < 4.78 is 113. The van der Waals surface area contributed by atoms with E-state index in [-0.39, 0.29) is 152 Å². The van der Waals surface area contributed by atoms with Crippen molar-refractivity contribution >= 4 is 112 Å². The third-order valence-electron chi connectivity index (χ3n) is 29.0. The summed E-state index contributed by atoms with van der Waals surface area (Å²) in [4.78, 5) is 145. The number of carbonyl (C=O) groups excluding carboxylic acids is 4. The smallest absolute Gasteiger partial charge is 0.300 e. The van der Waals surface area contributed by atoms with Crippen LogP contribution in [0.15, 0.2) is 163 Å². The van der Waals surface area contributed by atoms with Crippen molar-refractivity contribution in [3.05, 3.63) is 270 Å². The number of nitrogens with zero attached hydrogens (tertiary/aromatic N) is 16. The van der Waals surface area contributed by atoms with Crippen LogP contribution in [-0.2, 0) is 25.6 Å². The first-order chi connectivity index (χ1) is 67.4. The van der Waals surface area contributed by atoms with E-state index in [1.807, 2.05) is 99.3 Å². The van der Waals surface area contributed by atoms with Crippen LogP contribution in [0, 0.1) is 76.4 Å². The molecule has 6 atom stereocenters. The van der Waals surface area contributed by atoms with E-state index >= 15 is 26.3 Å². The van der Waals surface area contributed by atoms with Gasteiger partial charge in [0, 0.05) is 127 Å². The zero-order valence-corrected chi connectivity index (χ0v) is 81.2. The van der Waals surface area contributed by atoms with Gasteiger partial charge >= 0.3 is 0 Å². The van der Waals surface area contributed by atoms with Gasteiger partial charge in [0.1, 0.15) is 29.2 Å². The van der Waals surface area contributed by atoms with Crippen LogP contribution in [0.1, 0.15) is 149 Å². The Morgan fingerprint density at radius 2 is 0.766 bits per heavy atom. The lowest BCUT2D eigenvalue weighted by Gasteiger charge is -2.50. The molecule has 33 heteroatoms. The summed E-state index contributed by atoms with van der Waals surface area (Å²) in [5.74, 6) is -6.45. The molecule has 9 aromatic heterocycles. The van der Waals surface area contributed by atoms with E-state index in [1.54, 1.807) is 102 Å². The highest BCUT2D eigenvalue weighted by Gasteiger charge is 2.49. The van der Waals surface area contributed by atoms with Gasteiger partial charge in [-0.1, -0.05) is 79.5 Å². The number of fused-ring (bicyclic) bond motifs is 18. The summed E-state index contributed by atoms with van der Waals surface area (Å²) in [5, 5.41) is 0.637. The van der Waals surface area contributed by atoms with Crippen molar-refractivity contribution in [1.29, 1.82) is 0 Å². The Morgan fingerprint density at radius 1 is 0.411 bits per heavy atom. The number of aromatic nitrogens is 12. The minimum atomic E-state index is -0.939. The molecule has 27 nitrogen and oxygen atoms in total. The number of nitrogens with one attached hydrogen (secondary N) is 3. The largest absolute Gasteiger partial charge is 0.486 e. The molecule has 6 unspecified atom stereocenters. The van der Waals surface area contributed by atoms with Gasteiger partial charge in [0.2, 0.25) is 23.5 Å². The molecule has 21 rings (SSSR count). The van der Waals surface area contributed by atoms with Crippen molar-refractivity contribution in [2.45, 2.75) is 177 Å². The Balaban J connectivity index is 0.000000135. The Morgan fingerprint density at radius 3 is 1.16 bits per heavy atom. The van der Waals surface area contributed by atoms with Gasteiger partial charge in [-0.05, 0) is 199 Å². The maximum absolute atomic E-state index is 17.7. The molecule has 141 heavy (non-hydrogen) atoms. The number of anilines is 4. The zero-order chi connectivity index (χ0) is 100. The molecule has 15 heterocycles. The third kappa shape index (κ3) is 15.1. The van der Waals surface area contributed by atoms with Crippen LogP contribution in [0.3, 0.4) is 0 Å². The Kier molecular flexibility index (Phi) is 24.3. The molecule has 6 aromatic carbocycles. The number of ether oxygens (including phenoxy) is 1. The van der Waals surface area contributed by atoms with Crippen molar-refractivity contribution in [3.63, 3.8) is 0 Å². The van der Waals surface area contributed by atoms with Crippen LogP contribution in [0.4, 0.5) is 49.1 Å². The number of aromatic amines is 3. The molecular formula is C108H107F6N19O8. The standard InChI is InChI=1S/C36H35F2N7O3.C36H36F2N6O3.C36H36F2N6O2/c1-8-25(46)43-15-24-35(47)42(7)34-33(44(24)14-20(43)6)21-13-22(37)27(26-18(4)9-10-23-30(26)41-16-40-23)28(38)32(21)45(36(34)48)31-19(5)11-12-39-29(31)17(2)3;1-7-26(45)42-16-22-11-13-47-35-34(43(22)15-21(42)6)23-14-24(37)28(27-19(4)8-9-25-31(27)41-17-40-25)29(38)33(23)44(36(35)46)32-20(5)10-12-39-30(32)18(2)3;1-7-27(45)42-16-22-9-10-23-34(43(22)15-21(42)6)24-14-25(37)29(28-19(4)8-11-26-32(28)41-17-40-26)30(38)35(24)44(36(23)46)33-20(5)12-13-39-31(33)18(2)3/h8-13,16-17,20,24H,1,14-15H2,2-7H3,(H,40,41);7-10,12,14,17-18,21-22H,1,11,13,15-16H2,2-6H3,(H,40,41);7-8,11-14,17-18,21-22H,1,9-10,15-16H2,2-6H3,(H,40,41). The summed E-state index contributed by atoms with van der Waals surface area (Å²) in [5.41, 5.74) is 10.2. The van der Waals surface area contributed by atoms with E-state index < -0.39 is 64.0 Å². The second kappa shape index (κ2) is 36.2. The van der Waals surface area contributed by atoms with Crippen molar-refractivity contribution in [2.75, 3.05) is 72.5 Å². The predicted molar refractivity (Wildman–Crippen MR) is 537 cm³/mol. The molecule has 0 spiro atoms. The van der Waals surface area contributed by atoms with Crippen molar-refractivity contribution in [3.8, 4) is 56.2 Å². The Bertz CT molecular complexity index is 8070. The first kappa shape index (κ1) is 94.6. The summed E-state index contributed by atoms with van der Waals surface area (Å²) in [7, 11) is 1.48. The second-order valence-corrected chi connectivity index (χ2v) is 38.7. The second-order valence-electron chi connectivity index (χ2n) is 38.7. The van der Waals surface area contributed by atoms with E-state index in [4.69, 9.17) is 4.74 Å². The molecule has 0 saturated carbocycles. The number of amides is 4. The Hall–Kier alpha value is -15.3. The number of piperazine rings is 3. The van der Waals surface area contributed by atoms with Gasteiger partial charge in [0.05, 0.1) is 156 Å². The molecule has 3 N–H and O–H groups in total. The Labute approximate surface area is 807 Å². The number of hydrogen-bond acceptors (Lipinski definition) is 17. The van der Waals surface area contributed by atoms with Gasteiger partial charge in [-0.25, -0.2) is 41.3 Å². The van der Waals surface area contributed by atoms with Crippen LogP contribution in [0.25, 0.3) is 116 Å². The lowest BCUT2D eigenvalue weighted by atomic mass is 9.89. The maximum atomic E-state index is 17.7. The molecule has 6 aliphatic rings. The van der Waals surface area contributed by atoms with E-state index in [2.05, 4.69) is 69.5 Å². The van der Waals surface area contributed by atoms with Crippen molar-refractivity contribution < 1.29 is 50.3 Å². The topological polar surface area (TPSA) is 291 Å². The molecule has 15 aromatic rings. The molecule has 4 amide bonds. The molecule has 0 bridgehead atoms. The molecule has 3 fully saturated rings. The zero-order valence-electron chi connectivity index (χ0n) is 81.2. The van der Waals surface area contributed by atoms with E-state index in [1.165, 1.54) is 81.1 Å². The SMILES string of the molecule is C=CC(=O)N1CC2C(=O)N(C)c3c(c4cc(F)c(-c5c(C)ccc6[nH]cnc56)c(F)c4n(-c4c(C)ccnc4C(C)C)c3=O)N2CC1C.C=CC(=O)N1CC2CCOc3c(c4cc(F)c(-c5c(C)ccc6[nH]cnc56)c(F)c4n(-c4c(C)ccnc4C(C)C)c3=O)N2CC1C.C=CC(=O)N1CC2CCc3c(c4cc(F)c(-c5c(C)ccc6[nH]cnc56)c(F)c4n(-c4c(C)ccnc4C(C)C)c3=O)N2CC1C. The van der Waals surface area contributed by atoms with Gasteiger partial charge in [-0.15, -0.1) is 0 Å². The number of imidazole rings is 3. The molecule has 6 aliphatic heterocycles. The minimum Gasteiger partial charge on any atom is -0.486 e. The van der Waals surface area contributed by atoms with Crippen LogP contribution >= 0.6 is 0 Å². The van der Waals surface area contributed by atoms with E-state index in [0.717, 1.165) is 5.56 Å². The third-order valence-corrected chi connectivity index (χ3v) is 29.0. The van der Waals surface area contributed by atoms with E-state index in [0.29, 0.717) is 174 Å². The lowest BCUT2D eigenvalue weighted by Crippen LogP contribution is -2.66. The first-order valence-corrected chi connectivity index (χ1v) is 47.4. The van der Waals surface area contributed by atoms with Gasteiger partial charge < -0.3 is 54.0 Å². The average molecular weight is 1910 g/mol. The lowest BCUT2D eigenvalue weighted by molar-refractivity contribution is -0.131. The molecular weight excluding hydrogens is 1810 g/mol. The van der Waals surface area contributed by atoms with Crippen LogP contribution in [-0.4, -0.2) is 186 Å². The normalized spacial score (nSPS) is 17.9. The number of likely N-dealkylation sites (N-methyl/N-ethyl adjacent to an activating group) is 1. The minimum absolute atomic E-state index is 0.00277. The number of H-pyrrole nitrogens is 3. The highest BCUT2D eigenvalue weighted by molar-refractivity contribution is 6.14. The summed E-state index contributed by atoms with van der Waals surface area (Å²) in [6.45, 7) is 41.0. The molecule has 3 saturated heterocycles. The fourth-order valence-corrected chi connectivity index (χ4v) is 22.2. The van der Waals surface area contributed by atoms with Crippen molar-refractivity contribution in [2.24, 2.45) is 0 Å². The number of aryl methyl sites for hydroxylation is 6. The molecule has 0 aliphatic carbocycles. The summed E-state index contributed by atoms with van der Waals surface area (Å²) in [6, 6.07) is 17.9. The quantitative estimate of drug-likeness (QED) is 0.0756. The van der Waals surface area contributed by atoms with Crippen LogP contribution in [0.2, 0.25) is 0 Å². The molecule has 0 radical (unpaired) electrons. The summed E-state index contributed by atoms with van der Waals surface area (Å²) >= 11 is 0. The highest BCUT2D eigenvalue weighted by atomic mass is 19.2. The monoisotopic (exact) mass is 1910 g/mol. The number of halogens is 6. The molecule has 724 valence electrons. The number of pyridine rings is 6. The number of hydrogen-bond donors (Lipinski definition) is 3. The maximum Gasteiger partial charge on any atom is 0.300 e. The fraction of sp³-hybridized carbons (Fsp3) is 0.324. The highest BCUT2D eigenvalue weighted by Crippen LogP contribution is 2.51. The summed E-state index contributed by atoms with van der Waals surface area (Å²) in [6.07, 6.45) is 14.8. The number of benzene rings is 6. The van der Waals surface area contributed by atoms with Gasteiger partial charge in [0.25, 0.3) is 22.6 Å². The van der Waals surface area contributed by atoms with Gasteiger partial charge in [0.15, 0.2) is 17.5 Å². The van der Waals surface area contributed by atoms with Crippen LogP contribution in [0.5, 0.6) is 5.75 Å². The predicted octanol–water partition coefficient (Wildman–Crippen LogP) is 18.3. The van der Waals surface area contributed by atoms with Crippen LogP contribution < -0.4 is 41.0 Å². The van der Waals surface area contributed by atoms with Crippen molar-refractivity contribution in [1.82, 2.24) is 73.3 Å². The fourth-order valence-electron chi connectivity index (χ4n) is 22.2. The average Bonchev–Trinajstić information content (AvgIpc) is 1.45. The number of rotatable bonds is 12. The van der Waals surface area contributed by atoms with E-state index in [9.17, 15) is 33.6 Å². The first-order valence-electron chi connectivity index (χ1n) is 47.4. The van der Waals surface area contributed by atoms with Gasteiger partial charge in [-0.2, -0.15) is 0 Å². The van der Waals surface area contributed by atoms with Gasteiger partial charge in [-0.3, -0.25) is 62.2 Å².